The monoisotopic (exact) mass is 334 g/mol. The van der Waals surface area contributed by atoms with Crippen molar-refractivity contribution in [1.82, 2.24) is 15.0 Å². The van der Waals surface area contributed by atoms with E-state index in [1.807, 2.05) is 47.2 Å². The predicted molar refractivity (Wildman–Crippen MR) is 96.0 cm³/mol. The number of carbonyl (C=O) groups is 1. The summed E-state index contributed by atoms with van der Waals surface area (Å²) in [7, 11) is 0. The van der Waals surface area contributed by atoms with Gasteiger partial charge in [-0.05, 0) is 52.7 Å². The second-order valence-corrected chi connectivity index (χ2v) is 6.19. The van der Waals surface area contributed by atoms with Gasteiger partial charge in [0.25, 0.3) is 0 Å². The number of rotatable bonds is 4. The van der Waals surface area contributed by atoms with Crippen LogP contribution in [0.5, 0.6) is 0 Å². The summed E-state index contributed by atoms with van der Waals surface area (Å²) < 4.78 is 0. The smallest absolute Gasteiger partial charge is 0.228 e. The van der Waals surface area contributed by atoms with Crippen molar-refractivity contribution in [2.45, 2.75) is 6.42 Å². The fourth-order valence-corrected chi connectivity index (χ4v) is 3.16. The number of aromatic amines is 1. The molecule has 24 heavy (non-hydrogen) atoms. The molecule has 0 aliphatic heterocycles. The predicted octanol–water partition coefficient (Wildman–Crippen LogP) is 3.87. The zero-order chi connectivity index (χ0) is 16.4. The van der Waals surface area contributed by atoms with Gasteiger partial charge in [0, 0.05) is 17.4 Å². The number of benzene rings is 1. The Morgan fingerprint density at radius 2 is 2.04 bits per heavy atom. The fourth-order valence-electron chi connectivity index (χ4n) is 2.49. The van der Waals surface area contributed by atoms with E-state index in [-0.39, 0.29) is 5.91 Å². The Morgan fingerprint density at radius 3 is 2.79 bits per heavy atom. The first-order valence-electron chi connectivity index (χ1n) is 7.49. The third-order valence-corrected chi connectivity index (χ3v) is 4.40. The van der Waals surface area contributed by atoms with Crippen molar-refractivity contribution in [3.63, 3.8) is 0 Å². The van der Waals surface area contributed by atoms with Crippen molar-refractivity contribution in [3.05, 3.63) is 65.1 Å². The Morgan fingerprint density at radius 1 is 1.17 bits per heavy atom. The highest BCUT2D eigenvalue weighted by atomic mass is 32.1. The Hall–Kier alpha value is -2.99. The molecule has 118 valence electrons. The van der Waals surface area contributed by atoms with Gasteiger partial charge < -0.3 is 10.3 Å². The third-order valence-electron chi connectivity index (χ3n) is 3.67. The van der Waals surface area contributed by atoms with Crippen molar-refractivity contribution in [2.75, 3.05) is 5.32 Å². The quantitative estimate of drug-likeness (QED) is 0.595. The second kappa shape index (κ2) is 6.25. The van der Waals surface area contributed by atoms with Crippen molar-refractivity contribution in [3.8, 4) is 11.4 Å². The van der Waals surface area contributed by atoms with Crippen LogP contribution in [0.2, 0.25) is 0 Å². The average Bonchev–Trinajstić information content (AvgIpc) is 3.24. The van der Waals surface area contributed by atoms with E-state index in [1.165, 1.54) is 0 Å². The fraction of sp³-hybridized carbons (Fsp3) is 0.0556. The van der Waals surface area contributed by atoms with Crippen molar-refractivity contribution in [2.24, 2.45) is 0 Å². The first kappa shape index (κ1) is 14.6. The summed E-state index contributed by atoms with van der Waals surface area (Å²) in [5.41, 5.74) is 4.55. The van der Waals surface area contributed by atoms with E-state index >= 15 is 0 Å². The molecule has 0 atom stereocenters. The lowest BCUT2D eigenvalue weighted by Gasteiger charge is -2.05. The van der Waals surface area contributed by atoms with Gasteiger partial charge in [-0.2, -0.15) is 11.3 Å². The van der Waals surface area contributed by atoms with E-state index in [2.05, 4.69) is 20.3 Å². The van der Waals surface area contributed by atoms with Crippen LogP contribution in [-0.2, 0) is 11.2 Å². The number of carbonyl (C=O) groups excluding carboxylic acids is 1. The number of hydrogen-bond donors (Lipinski definition) is 2. The molecule has 0 bridgehead atoms. The average molecular weight is 334 g/mol. The zero-order valence-electron chi connectivity index (χ0n) is 12.7. The molecule has 4 aromatic rings. The molecule has 5 nitrogen and oxygen atoms in total. The lowest BCUT2D eigenvalue weighted by atomic mass is 10.2. The number of H-pyrrole nitrogens is 1. The summed E-state index contributed by atoms with van der Waals surface area (Å²) in [6, 6.07) is 11.5. The highest BCUT2D eigenvalue weighted by Gasteiger charge is 2.07. The van der Waals surface area contributed by atoms with Gasteiger partial charge in [0.15, 0.2) is 0 Å². The van der Waals surface area contributed by atoms with Crippen molar-refractivity contribution in [1.29, 1.82) is 0 Å². The van der Waals surface area contributed by atoms with E-state index in [0.29, 0.717) is 6.42 Å². The highest BCUT2D eigenvalue weighted by Crippen LogP contribution is 2.21. The van der Waals surface area contributed by atoms with Gasteiger partial charge in [-0.25, -0.2) is 4.98 Å². The molecule has 0 aliphatic carbocycles. The van der Waals surface area contributed by atoms with Crippen LogP contribution in [0.1, 0.15) is 5.56 Å². The van der Waals surface area contributed by atoms with Gasteiger partial charge in [0.2, 0.25) is 5.91 Å². The van der Waals surface area contributed by atoms with E-state index < -0.39 is 0 Å². The number of aromatic nitrogens is 3. The van der Waals surface area contributed by atoms with E-state index in [1.54, 1.807) is 23.7 Å². The van der Waals surface area contributed by atoms with Crippen LogP contribution in [-0.4, -0.2) is 20.9 Å². The molecule has 0 aliphatic rings. The second-order valence-electron chi connectivity index (χ2n) is 5.41. The number of nitrogens with zero attached hydrogens (tertiary/aromatic N) is 2. The summed E-state index contributed by atoms with van der Waals surface area (Å²) >= 11 is 1.59. The number of thiophene rings is 1. The van der Waals surface area contributed by atoms with Gasteiger partial charge in [0.05, 0.1) is 23.7 Å². The number of fused-ring (bicyclic) bond motifs is 1. The number of hydrogen-bond acceptors (Lipinski definition) is 4. The lowest BCUT2D eigenvalue weighted by molar-refractivity contribution is -0.115. The number of nitrogens with one attached hydrogen (secondary N) is 2. The Bertz CT molecular complexity index is 941. The molecule has 2 N–H and O–H groups in total. The molecular weight excluding hydrogens is 320 g/mol. The zero-order valence-corrected chi connectivity index (χ0v) is 13.5. The van der Waals surface area contributed by atoms with Gasteiger partial charge in [-0.1, -0.05) is 0 Å². The summed E-state index contributed by atoms with van der Waals surface area (Å²) in [6.45, 7) is 0. The molecule has 6 heteroatoms. The van der Waals surface area contributed by atoms with Crippen LogP contribution in [0.15, 0.2) is 59.6 Å². The van der Waals surface area contributed by atoms with E-state index in [0.717, 1.165) is 33.7 Å². The number of pyridine rings is 1. The molecular formula is C18H14N4OS. The largest absolute Gasteiger partial charge is 0.337 e. The summed E-state index contributed by atoms with van der Waals surface area (Å²) in [4.78, 5) is 23.9. The minimum Gasteiger partial charge on any atom is -0.337 e. The minimum atomic E-state index is -0.0176. The molecule has 3 heterocycles. The standard InChI is InChI=1S/C18H14N4OS/c23-17(9-12-6-8-24-11-12)20-14-3-1-13(2-4-14)18-21-15-5-7-19-10-16(15)22-18/h1-8,10-11H,9H2,(H,20,23)(H,21,22). The summed E-state index contributed by atoms with van der Waals surface area (Å²) in [6.07, 6.45) is 3.87. The minimum absolute atomic E-state index is 0.0176. The van der Waals surface area contributed by atoms with Gasteiger partial charge in [0.1, 0.15) is 5.82 Å². The summed E-state index contributed by atoms with van der Waals surface area (Å²) in [5, 5.41) is 6.87. The molecule has 3 aromatic heterocycles. The Balaban J connectivity index is 1.49. The highest BCUT2D eigenvalue weighted by molar-refractivity contribution is 7.08. The SMILES string of the molecule is O=C(Cc1ccsc1)Nc1ccc(-c2nc3ccncc3[nH]2)cc1. The van der Waals surface area contributed by atoms with Crippen LogP contribution in [0.3, 0.4) is 0 Å². The molecule has 4 rings (SSSR count). The van der Waals surface area contributed by atoms with Crippen LogP contribution in [0, 0.1) is 0 Å². The third kappa shape index (κ3) is 3.04. The number of amides is 1. The van der Waals surface area contributed by atoms with Gasteiger partial charge in [-0.3, -0.25) is 9.78 Å². The van der Waals surface area contributed by atoms with E-state index in [9.17, 15) is 4.79 Å². The molecule has 0 spiro atoms. The first-order chi connectivity index (χ1) is 11.8. The Kier molecular flexibility index (Phi) is 3.80. The Labute approximate surface area is 142 Å². The maximum Gasteiger partial charge on any atom is 0.228 e. The first-order valence-corrected chi connectivity index (χ1v) is 8.43. The van der Waals surface area contributed by atoms with Gasteiger partial charge in [-0.15, -0.1) is 0 Å². The molecule has 1 amide bonds. The molecule has 0 fully saturated rings. The van der Waals surface area contributed by atoms with Gasteiger partial charge >= 0.3 is 0 Å². The molecule has 1 aromatic carbocycles. The van der Waals surface area contributed by atoms with E-state index in [4.69, 9.17) is 0 Å². The van der Waals surface area contributed by atoms with Crippen molar-refractivity contribution < 1.29 is 4.79 Å². The molecule has 0 radical (unpaired) electrons. The maximum absolute atomic E-state index is 12.0. The van der Waals surface area contributed by atoms with Crippen molar-refractivity contribution >= 4 is 34.0 Å². The molecule has 0 saturated heterocycles. The number of imidazole rings is 1. The van der Waals surface area contributed by atoms with Crippen LogP contribution in [0.4, 0.5) is 5.69 Å². The normalized spacial score (nSPS) is 10.8. The van der Waals surface area contributed by atoms with Crippen LogP contribution >= 0.6 is 11.3 Å². The molecule has 0 saturated carbocycles. The lowest BCUT2D eigenvalue weighted by Crippen LogP contribution is -2.13. The molecule has 0 unspecified atom stereocenters. The summed E-state index contributed by atoms with van der Waals surface area (Å²) in [5.74, 6) is 0.769. The topological polar surface area (TPSA) is 70.7 Å². The maximum atomic E-state index is 12.0. The van der Waals surface area contributed by atoms with Crippen LogP contribution in [0.25, 0.3) is 22.4 Å². The van der Waals surface area contributed by atoms with Crippen LogP contribution < -0.4 is 5.32 Å². The number of anilines is 1.